The average molecular weight is 284 g/mol. The van der Waals surface area contributed by atoms with Crippen molar-refractivity contribution < 1.29 is 4.79 Å². The molecule has 5 heteroatoms. The maximum absolute atomic E-state index is 12.1. The first-order chi connectivity index (χ1) is 10.1. The summed E-state index contributed by atoms with van der Waals surface area (Å²) in [5, 5.41) is 5.88. The molecule has 0 spiro atoms. The van der Waals surface area contributed by atoms with E-state index < -0.39 is 0 Å². The normalized spacial score (nSPS) is 10.5. The van der Waals surface area contributed by atoms with Crippen LogP contribution in [0, 0.1) is 0 Å². The molecule has 5 nitrogen and oxygen atoms in total. The summed E-state index contributed by atoms with van der Waals surface area (Å²) >= 11 is 0. The molecule has 21 heavy (non-hydrogen) atoms. The second-order valence-electron chi connectivity index (χ2n) is 5.05. The van der Waals surface area contributed by atoms with Gasteiger partial charge >= 0.3 is 0 Å². The summed E-state index contributed by atoms with van der Waals surface area (Å²) in [5.41, 5.74) is 2.25. The molecule has 2 aromatic rings. The van der Waals surface area contributed by atoms with Gasteiger partial charge in [0.2, 0.25) is 0 Å². The smallest absolute Gasteiger partial charge is 0.275 e. The second-order valence-corrected chi connectivity index (χ2v) is 5.05. The number of amides is 1. The van der Waals surface area contributed by atoms with Crippen LogP contribution in [-0.2, 0) is 0 Å². The molecular formula is C16H20N4O. The van der Waals surface area contributed by atoms with Crippen molar-refractivity contribution in [2.24, 2.45) is 0 Å². The van der Waals surface area contributed by atoms with Crippen molar-refractivity contribution in [3.63, 3.8) is 0 Å². The first-order valence-electron chi connectivity index (χ1n) is 7.07. The van der Waals surface area contributed by atoms with Crippen LogP contribution >= 0.6 is 0 Å². The molecule has 0 saturated carbocycles. The molecule has 0 fully saturated rings. The quantitative estimate of drug-likeness (QED) is 0.884. The summed E-state index contributed by atoms with van der Waals surface area (Å²) in [6.07, 6.45) is 3.03. The van der Waals surface area contributed by atoms with E-state index in [0.717, 1.165) is 12.2 Å². The maximum Gasteiger partial charge on any atom is 0.275 e. The van der Waals surface area contributed by atoms with Gasteiger partial charge in [-0.3, -0.25) is 4.79 Å². The fraction of sp³-hybridized carbons (Fsp3) is 0.312. The first-order valence-corrected chi connectivity index (χ1v) is 7.07. The Labute approximate surface area is 124 Å². The Balaban J connectivity index is 2.08. The van der Waals surface area contributed by atoms with Crippen LogP contribution in [0.4, 0.5) is 11.5 Å². The minimum Gasteiger partial charge on any atom is -0.369 e. The van der Waals surface area contributed by atoms with Crippen molar-refractivity contribution in [3.8, 4) is 0 Å². The van der Waals surface area contributed by atoms with Gasteiger partial charge in [-0.1, -0.05) is 26.0 Å². The number of rotatable bonds is 5. The lowest BCUT2D eigenvalue weighted by molar-refractivity contribution is 0.102. The van der Waals surface area contributed by atoms with Crippen LogP contribution in [0.15, 0.2) is 36.7 Å². The lowest BCUT2D eigenvalue weighted by Gasteiger charge is -2.09. The molecule has 0 unspecified atom stereocenters. The van der Waals surface area contributed by atoms with E-state index >= 15 is 0 Å². The molecule has 1 amide bonds. The van der Waals surface area contributed by atoms with Gasteiger partial charge in [-0.25, -0.2) is 9.97 Å². The molecule has 0 saturated heterocycles. The molecule has 0 atom stereocenters. The van der Waals surface area contributed by atoms with Gasteiger partial charge in [-0.15, -0.1) is 0 Å². The summed E-state index contributed by atoms with van der Waals surface area (Å²) in [4.78, 5) is 20.4. The van der Waals surface area contributed by atoms with Gasteiger partial charge < -0.3 is 10.6 Å². The number of carbonyl (C=O) groups is 1. The average Bonchev–Trinajstić information content (AvgIpc) is 2.48. The molecule has 2 rings (SSSR count). The number of benzene rings is 1. The van der Waals surface area contributed by atoms with Crippen molar-refractivity contribution in [2.45, 2.75) is 26.7 Å². The fourth-order valence-electron chi connectivity index (χ4n) is 1.89. The van der Waals surface area contributed by atoms with Crippen molar-refractivity contribution >= 4 is 17.4 Å². The molecule has 110 valence electrons. The molecule has 1 aromatic carbocycles. The third kappa shape index (κ3) is 4.02. The molecule has 0 aliphatic rings. The van der Waals surface area contributed by atoms with Crippen LogP contribution in [0.3, 0.4) is 0 Å². The van der Waals surface area contributed by atoms with Gasteiger partial charge in [0.25, 0.3) is 5.91 Å². The van der Waals surface area contributed by atoms with Crippen LogP contribution in [0.1, 0.15) is 42.7 Å². The van der Waals surface area contributed by atoms with Crippen molar-refractivity contribution in [1.29, 1.82) is 0 Å². The van der Waals surface area contributed by atoms with E-state index in [9.17, 15) is 4.79 Å². The highest BCUT2D eigenvalue weighted by atomic mass is 16.1. The molecule has 2 N–H and O–H groups in total. The molecule has 0 aliphatic heterocycles. The fourth-order valence-corrected chi connectivity index (χ4v) is 1.89. The third-order valence-corrected chi connectivity index (χ3v) is 3.05. The summed E-state index contributed by atoms with van der Waals surface area (Å²) in [7, 11) is 0. The number of hydrogen-bond acceptors (Lipinski definition) is 4. The Bertz CT molecular complexity index is 608. The van der Waals surface area contributed by atoms with Crippen molar-refractivity contribution in [3.05, 3.63) is 47.9 Å². The first kappa shape index (κ1) is 15.0. The zero-order chi connectivity index (χ0) is 15.2. The van der Waals surface area contributed by atoms with E-state index in [1.165, 1.54) is 11.8 Å². The third-order valence-electron chi connectivity index (χ3n) is 3.05. The maximum atomic E-state index is 12.1. The van der Waals surface area contributed by atoms with E-state index in [4.69, 9.17) is 0 Å². The Morgan fingerprint density at radius 1 is 1.24 bits per heavy atom. The van der Waals surface area contributed by atoms with Crippen LogP contribution < -0.4 is 10.6 Å². The van der Waals surface area contributed by atoms with Crippen molar-refractivity contribution in [1.82, 2.24) is 9.97 Å². The Morgan fingerprint density at radius 2 is 2.05 bits per heavy atom. The van der Waals surface area contributed by atoms with Gasteiger partial charge in [-0.05, 0) is 30.5 Å². The molecule has 0 bridgehead atoms. The van der Waals surface area contributed by atoms with Crippen molar-refractivity contribution in [2.75, 3.05) is 17.2 Å². The van der Waals surface area contributed by atoms with Gasteiger partial charge in [0, 0.05) is 12.2 Å². The Kier molecular flexibility index (Phi) is 4.87. The Morgan fingerprint density at radius 3 is 2.67 bits per heavy atom. The van der Waals surface area contributed by atoms with Gasteiger partial charge in [-0.2, -0.15) is 0 Å². The zero-order valence-corrected chi connectivity index (χ0v) is 12.6. The number of hydrogen-bond donors (Lipinski definition) is 2. The predicted molar refractivity (Wildman–Crippen MR) is 84.7 cm³/mol. The van der Waals surface area contributed by atoms with Crippen LogP contribution in [0.2, 0.25) is 0 Å². The second kappa shape index (κ2) is 6.83. The highest BCUT2D eigenvalue weighted by Gasteiger charge is 2.09. The van der Waals surface area contributed by atoms with E-state index in [1.807, 2.05) is 31.2 Å². The molecule has 1 aromatic heterocycles. The minimum atomic E-state index is -0.258. The summed E-state index contributed by atoms with van der Waals surface area (Å²) in [6.45, 7) is 6.98. The van der Waals surface area contributed by atoms with Crippen LogP contribution in [0.5, 0.6) is 0 Å². The van der Waals surface area contributed by atoms with Gasteiger partial charge in [0.1, 0.15) is 11.5 Å². The van der Waals surface area contributed by atoms with Gasteiger partial charge in [0.15, 0.2) is 0 Å². The highest BCUT2D eigenvalue weighted by Crippen LogP contribution is 2.18. The zero-order valence-electron chi connectivity index (χ0n) is 12.6. The van der Waals surface area contributed by atoms with E-state index in [1.54, 1.807) is 6.20 Å². The lowest BCUT2D eigenvalue weighted by Crippen LogP contribution is -2.14. The van der Waals surface area contributed by atoms with Gasteiger partial charge in [0.05, 0.1) is 12.4 Å². The summed E-state index contributed by atoms with van der Waals surface area (Å²) in [6, 6.07) is 7.82. The SMILES string of the molecule is CCNc1cnc(C(=O)Nc2cccc(C(C)C)c2)cn1. The topological polar surface area (TPSA) is 66.9 Å². The molecule has 0 radical (unpaired) electrons. The van der Waals surface area contributed by atoms with E-state index in [0.29, 0.717) is 17.4 Å². The number of carbonyl (C=O) groups excluding carboxylic acids is 1. The van der Waals surface area contributed by atoms with Crippen LogP contribution in [-0.4, -0.2) is 22.4 Å². The number of anilines is 2. The highest BCUT2D eigenvalue weighted by molar-refractivity contribution is 6.02. The number of aromatic nitrogens is 2. The summed E-state index contributed by atoms with van der Waals surface area (Å²) in [5.74, 6) is 0.823. The molecular weight excluding hydrogens is 264 g/mol. The lowest BCUT2D eigenvalue weighted by atomic mass is 10.0. The Hall–Kier alpha value is -2.43. The van der Waals surface area contributed by atoms with E-state index in [-0.39, 0.29) is 5.91 Å². The standard InChI is InChI=1S/C16H20N4O/c1-4-17-15-10-18-14(9-19-15)16(21)20-13-7-5-6-12(8-13)11(2)3/h5-11H,4H2,1-3H3,(H,17,19)(H,20,21). The summed E-state index contributed by atoms with van der Waals surface area (Å²) < 4.78 is 0. The van der Waals surface area contributed by atoms with Crippen LogP contribution in [0.25, 0.3) is 0 Å². The molecule has 1 heterocycles. The molecule has 0 aliphatic carbocycles. The number of nitrogens with zero attached hydrogens (tertiary/aromatic N) is 2. The number of nitrogens with one attached hydrogen (secondary N) is 2. The monoisotopic (exact) mass is 284 g/mol. The largest absolute Gasteiger partial charge is 0.369 e. The predicted octanol–water partition coefficient (Wildman–Crippen LogP) is 3.28. The van der Waals surface area contributed by atoms with E-state index in [2.05, 4.69) is 34.4 Å². The minimum absolute atomic E-state index is 0.258.